The van der Waals surface area contributed by atoms with Crippen molar-refractivity contribution in [3.05, 3.63) is 89.0 Å². The minimum absolute atomic E-state index is 0.166. The van der Waals surface area contributed by atoms with Crippen molar-refractivity contribution in [3.63, 3.8) is 0 Å². The van der Waals surface area contributed by atoms with Crippen LogP contribution in [0.2, 0.25) is 5.02 Å². The van der Waals surface area contributed by atoms with Crippen molar-refractivity contribution < 1.29 is 4.79 Å². The van der Waals surface area contributed by atoms with E-state index in [0.717, 1.165) is 23.3 Å². The fourth-order valence-electron chi connectivity index (χ4n) is 2.47. The SMILES string of the molecule is C/C(=C/C(=O)Nc1ccc(Cl)cc1)c1ccc(Cc2c[nH]cn2)cc1. The van der Waals surface area contributed by atoms with Crippen LogP contribution in [-0.2, 0) is 11.2 Å². The van der Waals surface area contributed by atoms with Gasteiger partial charge in [0.25, 0.3) is 0 Å². The van der Waals surface area contributed by atoms with Crippen molar-refractivity contribution in [3.8, 4) is 0 Å². The molecule has 0 saturated carbocycles. The highest BCUT2D eigenvalue weighted by Gasteiger charge is 2.03. The molecule has 3 aromatic rings. The minimum Gasteiger partial charge on any atom is -0.351 e. The third-order valence-electron chi connectivity index (χ3n) is 3.81. The Morgan fingerprint density at radius 1 is 1.16 bits per heavy atom. The maximum absolute atomic E-state index is 12.1. The third kappa shape index (κ3) is 4.81. The number of carbonyl (C=O) groups is 1. The average Bonchev–Trinajstić information content (AvgIpc) is 3.10. The maximum Gasteiger partial charge on any atom is 0.248 e. The van der Waals surface area contributed by atoms with Gasteiger partial charge in [0.15, 0.2) is 0 Å². The monoisotopic (exact) mass is 351 g/mol. The lowest BCUT2D eigenvalue weighted by molar-refractivity contribution is -0.111. The van der Waals surface area contributed by atoms with Crippen molar-refractivity contribution in [2.45, 2.75) is 13.3 Å². The highest BCUT2D eigenvalue weighted by molar-refractivity contribution is 6.30. The number of aromatic amines is 1. The Hall–Kier alpha value is -2.85. The summed E-state index contributed by atoms with van der Waals surface area (Å²) in [7, 11) is 0. The van der Waals surface area contributed by atoms with Gasteiger partial charge in [-0.1, -0.05) is 35.9 Å². The molecule has 0 radical (unpaired) electrons. The molecular weight excluding hydrogens is 334 g/mol. The van der Waals surface area contributed by atoms with Gasteiger partial charge in [-0.2, -0.15) is 0 Å². The maximum atomic E-state index is 12.1. The molecule has 4 nitrogen and oxygen atoms in total. The van der Waals surface area contributed by atoms with E-state index in [4.69, 9.17) is 11.6 Å². The Bertz CT molecular complexity index is 866. The molecule has 1 heterocycles. The molecule has 3 rings (SSSR count). The molecule has 0 bridgehead atoms. The average molecular weight is 352 g/mol. The number of nitrogens with zero attached hydrogens (tertiary/aromatic N) is 1. The second-order valence-corrected chi connectivity index (χ2v) is 6.19. The van der Waals surface area contributed by atoms with Crippen LogP contribution in [0.25, 0.3) is 5.57 Å². The quantitative estimate of drug-likeness (QED) is 0.655. The molecule has 2 aromatic carbocycles. The van der Waals surface area contributed by atoms with Crippen LogP contribution >= 0.6 is 11.6 Å². The summed E-state index contributed by atoms with van der Waals surface area (Å²) in [6.07, 6.45) is 5.94. The van der Waals surface area contributed by atoms with E-state index in [1.165, 1.54) is 5.56 Å². The zero-order valence-electron chi connectivity index (χ0n) is 13.8. The molecule has 0 saturated heterocycles. The predicted molar refractivity (Wildman–Crippen MR) is 102 cm³/mol. The van der Waals surface area contributed by atoms with Crippen molar-refractivity contribution in [2.75, 3.05) is 5.32 Å². The van der Waals surface area contributed by atoms with Crippen molar-refractivity contribution >= 4 is 28.8 Å². The Morgan fingerprint density at radius 3 is 2.52 bits per heavy atom. The van der Waals surface area contributed by atoms with Gasteiger partial charge in [-0.05, 0) is 47.9 Å². The molecule has 1 aromatic heterocycles. The number of nitrogens with one attached hydrogen (secondary N) is 2. The molecule has 2 N–H and O–H groups in total. The number of hydrogen-bond donors (Lipinski definition) is 2. The smallest absolute Gasteiger partial charge is 0.248 e. The second kappa shape index (κ2) is 7.81. The first-order valence-corrected chi connectivity index (χ1v) is 8.30. The summed E-state index contributed by atoms with van der Waals surface area (Å²) in [6.45, 7) is 1.92. The van der Waals surface area contributed by atoms with E-state index in [2.05, 4.69) is 27.4 Å². The first-order chi connectivity index (χ1) is 12.1. The molecule has 0 aliphatic carbocycles. The molecule has 0 fully saturated rings. The molecule has 0 atom stereocenters. The predicted octanol–water partition coefficient (Wildman–Crippen LogP) is 4.70. The van der Waals surface area contributed by atoms with E-state index in [1.54, 1.807) is 36.7 Å². The lowest BCUT2D eigenvalue weighted by atomic mass is 10.0. The van der Waals surface area contributed by atoms with Crippen LogP contribution in [0.1, 0.15) is 23.7 Å². The second-order valence-electron chi connectivity index (χ2n) is 5.76. The molecule has 5 heteroatoms. The van der Waals surface area contributed by atoms with Gasteiger partial charge >= 0.3 is 0 Å². The van der Waals surface area contributed by atoms with Gasteiger partial charge in [-0.15, -0.1) is 0 Å². The van der Waals surface area contributed by atoms with E-state index in [0.29, 0.717) is 10.7 Å². The van der Waals surface area contributed by atoms with Gasteiger partial charge in [-0.3, -0.25) is 4.79 Å². The molecule has 25 heavy (non-hydrogen) atoms. The summed E-state index contributed by atoms with van der Waals surface area (Å²) in [5.74, 6) is -0.166. The van der Waals surface area contributed by atoms with Crippen molar-refractivity contribution in [2.24, 2.45) is 0 Å². The van der Waals surface area contributed by atoms with Gasteiger partial charge in [0.05, 0.1) is 12.0 Å². The highest BCUT2D eigenvalue weighted by Crippen LogP contribution is 2.17. The fraction of sp³-hybridized carbons (Fsp3) is 0.100. The van der Waals surface area contributed by atoms with Gasteiger partial charge in [-0.25, -0.2) is 4.98 Å². The van der Waals surface area contributed by atoms with Crippen molar-refractivity contribution in [1.82, 2.24) is 9.97 Å². The summed E-state index contributed by atoms with van der Waals surface area (Å²) < 4.78 is 0. The Kier molecular flexibility index (Phi) is 5.31. The van der Waals surface area contributed by atoms with Gasteiger partial charge in [0.2, 0.25) is 5.91 Å². The van der Waals surface area contributed by atoms with Gasteiger partial charge in [0, 0.05) is 29.4 Å². The zero-order chi connectivity index (χ0) is 17.6. The van der Waals surface area contributed by atoms with Crippen LogP contribution in [-0.4, -0.2) is 15.9 Å². The number of hydrogen-bond acceptors (Lipinski definition) is 2. The van der Waals surface area contributed by atoms with Crippen LogP contribution in [0, 0.1) is 0 Å². The summed E-state index contributed by atoms with van der Waals surface area (Å²) >= 11 is 5.84. The molecule has 0 aliphatic rings. The summed E-state index contributed by atoms with van der Waals surface area (Å²) in [5.41, 5.74) is 4.80. The number of halogens is 1. The van der Waals surface area contributed by atoms with Crippen LogP contribution in [0.3, 0.4) is 0 Å². The lowest BCUT2D eigenvalue weighted by Gasteiger charge is -2.06. The number of aromatic nitrogens is 2. The fourth-order valence-corrected chi connectivity index (χ4v) is 2.60. The summed E-state index contributed by atoms with van der Waals surface area (Å²) in [4.78, 5) is 19.3. The number of benzene rings is 2. The molecule has 1 amide bonds. The number of anilines is 1. The molecule has 0 unspecified atom stereocenters. The van der Waals surface area contributed by atoms with Gasteiger partial charge < -0.3 is 10.3 Å². The number of amides is 1. The summed E-state index contributed by atoms with van der Waals surface area (Å²) in [6, 6.07) is 15.2. The number of imidazole rings is 1. The van der Waals surface area contributed by atoms with Crippen molar-refractivity contribution in [1.29, 1.82) is 0 Å². The number of carbonyl (C=O) groups excluding carboxylic acids is 1. The lowest BCUT2D eigenvalue weighted by Crippen LogP contribution is -2.08. The van der Waals surface area contributed by atoms with Crippen LogP contribution in [0.5, 0.6) is 0 Å². The zero-order valence-corrected chi connectivity index (χ0v) is 14.5. The number of allylic oxidation sites excluding steroid dienone is 1. The van der Waals surface area contributed by atoms with Crippen LogP contribution in [0.15, 0.2) is 67.1 Å². The van der Waals surface area contributed by atoms with E-state index in [9.17, 15) is 4.79 Å². The minimum atomic E-state index is -0.166. The third-order valence-corrected chi connectivity index (χ3v) is 4.06. The van der Waals surface area contributed by atoms with E-state index in [1.807, 2.05) is 25.3 Å². The topological polar surface area (TPSA) is 57.8 Å². The highest BCUT2D eigenvalue weighted by atomic mass is 35.5. The van der Waals surface area contributed by atoms with E-state index >= 15 is 0 Å². The number of H-pyrrole nitrogens is 1. The molecule has 0 spiro atoms. The Morgan fingerprint density at radius 2 is 1.88 bits per heavy atom. The molecular formula is C20H18ClN3O. The number of rotatable bonds is 5. The van der Waals surface area contributed by atoms with Crippen LogP contribution < -0.4 is 5.32 Å². The van der Waals surface area contributed by atoms with E-state index in [-0.39, 0.29) is 5.91 Å². The normalized spacial score (nSPS) is 11.4. The van der Waals surface area contributed by atoms with Gasteiger partial charge in [0.1, 0.15) is 0 Å². The standard InChI is InChI=1S/C20H18ClN3O/c1-14(10-20(25)24-18-8-6-17(21)7-9-18)16-4-2-15(3-5-16)11-19-12-22-13-23-19/h2-10,12-13H,11H2,1H3,(H,22,23)(H,24,25)/b14-10-. The van der Waals surface area contributed by atoms with E-state index < -0.39 is 0 Å². The Balaban J connectivity index is 1.64. The molecule has 0 aliphatic heterocycles. The first-order valence-electron chi connectivity index (χ1n) is 7.92. The molecule has 126 valence electrons. The van der Waals surface area contributed by atoms with Crippen LogP contribution in [0.4, 0.5) is 5.69 Å². The summed E-state index contributed by atoms with van der Waals surface area (Å²) in [5, 5.41) is 3.46. The largest absolute Gasteiger partial charge is 0.351 e. The Labute approximate surface area is 151 Å². The first kappa shape index (κ1) is 17.0.